The van der Waals surface area contributed by atoms with Crippen molar-refractivity contribution in [3.8, 4) is 0 Å². The van der Waals surface area contributed by atoms with Crippen LogP contribution in [0.1, 0.15) is 32.4 Å². The smallest absolute Gasteiger partial charge is 0.309 e. The Hall–Kier alpha value is -1.44. The lowest BCUT2D eigenvalue weighted by Crippen LogP contribution is -2.51. The molecule has 1 unspecified atom stereocenters. The molecule has 1 aromatic heterocycles. The lowest BCUT2D eigenvalue weighted by atomic mass is 10.1. The van der Waals surface area contributed by atoms with Crippen LogP contribution < -0.4 is 10.6 Å². The Morgan fingerprint density at radius 3 is 2.42 bits per heavy atom. The van der Waals surface area contributed by atoms with E-state index in [4.69, 9.17) is 0 Å². The van der Waals surface area contributed by atoms with Gasteiger partial charge in [-0.25, -0.2) is 0 Å². The topological polar surface area (TPSA) is 64.7 Å². The van der Waals surface area contributed by atoms with Crippen LogP contribution >= 0.6 is 11.3 Å². The van der Waals surface area contributed by atoms with Crippen LogP contribution in [0.2, 0.25) is 0 Å². The number of amides is 2. The normalized spacial score (nSPS) is 18.2. The Labute approximate surface area is 148 Å². The number of thiophene rings is 1. The maximum Gasteiger partial charge on any atom is 0.309 e. The van der Waals surface area contributed by atoms with Crippen molar-refractivity contribution in [3.63, 3.8) is 0 Å². The minimum absolute atomic E-state index is 0.108. The highest BCUT2D eigenvalue weighted by atomic mass is 32.1. The SMILES string of the molecule is CN1CCN(C(CNC(=O)C(=O)NC(C)(C)C)c2ccsc2)CC1. The predicted molar refractivity (Wildman–Crippen MR) is 97.0 cm³/mol. The molecule has 7 heteroatoms. The summed E-state index contributed by atoms with van der Waals surface area (Å²) in [5.41, 5.74) is 0.777. The van der Waals surface area contributed by atoms with E-state index in [0.717, 1.165) is 26.2 Å². The molecule has 1 fully saturated rings. The summed E-state index contributed by atoms with van der Waals surface area (Å²) in [6.45, 7) is 9.96. The van der Waals surface area contributed by atoms with E-state index < -0.39 is 17.4 Å². The standard InChI is InChI=1S/C17H28N4O2S/c1-17(2,3)19-16(23)15(22)18-11-14(13-5-10-24-12-13)21-8-6-20(4)7-9-21/h5,10,12,14H,6-9,11H2,1-4H3,(H,18,22)(H,19,23). The maximum absolute atomic E-state index is 12.1. The fourth-order valence-corrected chi connectivity index (χ4v) is 3.43. The number of carbonyl (C=O) groups is 2. The summed E-state index contributed by atoms with van der Waals surface area (Å²) in [7, 11) is 2.12. The van der Waals surface area contributed by atoms with Crippen LogP contribution in [0.15, 0.2) is 16.8 Å². The van der Waals surface area contributed by atoms with Crippen LogP contribution in [0.3, 0.4) is 0 Å². The molecule has 2 rings (SSSR count). The molecule has 24 heavy (non-hydrogen) atoms. The van der Waals surface area contributed by atoms with Gasteiger partial charge in [0.2, 0.25) is 0 Å². The van der Waals surface area contributed by atoms with Crippen molar-refractivity contribution in [2.24, 2.45) is 0 Å². The highest BCUT2D eigenvalue weighted by Gasteiger charge is 2.26. The molecule has 2 amide bonds. The van der Waals surface area contributed by atoms with Gasteiger partial charge in [0, 0.05) is 38.3 Å². The molecular weight excluding hydrogens is 324 g/mol. The Morgan fingerprint density at radius 1 is 1.21 bits per heavy atom. The van der Waals surface area contributed by atoms with Crippen molar-refractivity contribution in [3.05, 3.63) is 22.4 Å². The summed E-state index contributed by atoms with van der Waals surface area (Å²) in [4.78, 5) is 28.7. The number of rotatable bonds is 4. The first kappa shape index (κ1) is 18.9. The van der Waals surface area contributed by atoms with Crippen molar-refractivity contribution in [1.29, 1.82) is 0 Å². The van der Waals surface area contributed by atoms with Crippen molar-refractivity contribution >= 4 is 23.2 Å². The second-order valence-corrected chi connectivity index (χ2v) is 8.11. The molecule has 1 aliphatic heterocycles. The monoisotopic (exact) mass is 352 g/mol. The molecule has 0 aliphatic carbocycles. The van der Waals surface area contributed by atoms with E-state index in [0.29, 0.717) is 6.54 Å². The highest BCUT2D eigenvalue weighted by Crippen LogP contribution is 2.23. The molecule has 1 saturated heterocycles. The fourth-order valence-electron chi connectivity index (χ4n) is 2.72. The average molecular weight is 353 g/mol. The molecule has 2 N–H and O–H groups in total. The molecule has 1 aromatic rings. The lowest BCUT2D eigenvalue weighted by molar-refractivity contribution is -0.140. The summed E-state index contributed by atoms with van der Waals surface area (Å²) in [5.74, 6) is -1.15. The third kappa shape index (κ3) is 5.58. The Morgan fingerprint density at radius 2 is 1.88 bits per heavy atom. The first-order chi connectivity index (χ1) is 11.3. The third-order valence-electron chi connectivity index (χ3n) is 4.06. The van der Waals surface area contributed by atoms with Crippen LogP contribution in [0.5, 0.6) is 0 Å². The van der Waals surface area contributed by atoms with Crippen LogP contribution in [-0.2, 0) is 9.59 Å². The lowest BCUT2D eigenvalue weighted by Gasteiger charge is -2.38. The summed E-state index contributed by atoms with van der Waals surface area (Å²) in [6.07, 6.45) is 0. The van der Waals surface area contributed by atoms with Crippen molar-refractivity contribution in [2.75, 3.05) is 39.8 Å². The number of likely N-dealkylation sites (N-methyl/N-ethyl adjacent to an activating group) is 1. The summed E-state index contributed by atoms with van der Waals surface area (Å²) >= 11 is 1.65. The summed E-state index contributed by atoms with van der Waals surface area (Å²) in [5, 5.41) is 9.66. The first-order valence-corrected chi connectivity index (χ1v) is 9.25. The van der Waals surface area contributed by atoms with E-state index in [1.54, 1.807) is 11.3 Å². The van der Waals surface area contributed by atoms with E-state index in [9.17, 15) is 9.59 Å². The van der Waals surface area contributed by atoms with Gasteiger partial charge in [-0.05, 0) is 50.2 Å². The molecule has 2 heterocycles. The van der Waals surface area contributed by atoms with Crippen LogP contribution in [-0.4, -0.2) is 66.9 Å². The van der Waals surface area contributed by atoms with Gasteiger partial charge in [0.25, 0.3) is 0 Å². The Balaban J connectivity index is 1.96. The number of hydrogen-bond donors (Lipinski definition) is 2. The molecule has 0 spiro atoms. The molecular formula is C17H28N4O2S. The molecule has 1 aliphatic rings. The summed E-state index contributed by atoms with van der Waals surface area (Å²) < 4.78 is 0. The van der Waals surface area contributed by atoms with Gasteiger partial charge in [-0.15, -0.1) is 0 Å². The van der Waals surface area contributed by atoms with Gasteiger partial charge in [-0.3, -0.25) is 14.5 Å². The minimum atomic E-state index is -0.579. The van der Waals surface area contributed by atoms with Crippen LogP contribution in [0.4, 0.5) is 0 Å². The van der Waals surface area contributed by atoms with Crippen LogP contribution in [0.25, 0.3) is 0 Å². The number of nitrogens with one attached hydrogen (secondary N) is 2. The highest BCUT2D eigenvalue weighted by molar-refractivity contribution is 7.07. The Bertz CT molecular complexity index is 545. The largest absolute Gasteiger partial charge is 0.346 e. The van der Waals surface area contributed by atoms with Gasteiger partial charge < -0.3 is 15.5 Å². The Kier molecular flexibility index (Phi) is 6.37. The predicted octanol–water partition coefficient (Wildman–Crippen LogP) is 1.07. The van der Waals surface area contributed by atoms with Crippen molar-refractivity contribution < 1.29 is 9.59 Å². The molecule has 0 saturated carbocycles. The fraction of sp³-hybridized carbons (Fsp3) is 0.647. The van der Waals surface area contributed by atoms with E-state index in [1.165, 1.54) is 5.56 Å². The minimum Gasteiger partial charge on any atom is -0.346 e. The van der Waals surface area contributed by atoms with Gasteiger partial charge in [0.1, 0.15) is 0 Å². The van der Waals surface area contributed by atoms with Gasteiger partial charge >= 0.3 is 11.8 Å². The van der Waals surface area contributed by atoms with E-state index >= 15 is 0 Å². The molecule has 134 valence electrons. The maximum atomic E-state index is 12.1. The number of nitrogens with zero attached hydrogens (tertiary/aromatic N) is 2. The zero-order valence-corrected chi connectivity index (χ0v) is 15.8. The number of hydrogen-bond acceptors (Lipinski definition) is 5. The van der Waals surface area contributed by atoms with Gasteiger partial charge in [0.05, 0.1) is 6.04 Å². The average Bonchev–Trinajstić information content (AvgIpc) is 3.01. The van der Waals surface area contributed by atoms with Gasteiger partial charge in [-0.2, -0.15) is 11.3 Å². The second-order valence-electron chi connectivity index (χ2n) is 7.33. The van der Waals surface area contributed by atoms with Gasteiger partial charge in [0.15, 0.2) is 0 Å². The number of carbonyl (C=O) groups excluding carboxylic acids is 2. The number of piperazine rings is 1. The molecule has 0 aromatic carbocycles. The third-order valence-corrected chi connectivity index (χ3v) is 4.76. The zero-order valence-electron chi connectivity index (χ0n) is 15.0. The van der Waals surface area contributed by atoms with E-state index in [2.05, 4.69) is 38.9 Å². The molecule has 1 atom stereocenters. The van der Waals surface area contributed by atoms with E-state index in [-0.39, 0.29) is 6.04 Å². The van der Waals surface area contributed by atoms with Crippen molar-refractivity contribution in [2.45, 2.75) is 32.4 Å². The quantitative estimate of drug-likeness (QED) is 0.796. The first-order valence-electron chi connectivity index (χ1n) is 8.31. The molecule has 6 nitrogen and oxygen atoms in total. The second kappa shape index (κ2) is 8.09. The summed E-state index contributed by atoms with van der Waals surface area (Å²) in [6, 6.07) is 2.20. The van der Waals surface area contributed by atoms with Crippen LogP contribution in [0, 0.1) is 0 Å². The molecule has 0 bridgehead atoms. The van der Waals surface area contributed by atoms with Gasteiger partial charge in [-0.1, -0.05) is 0 Å². The van der Waals surface area contributed by atoms with Crippen molar-refractivity contribution in [1.82, 2.24) is 20.4 Å². The zero-order chi connectivity index (χ0) is 17.7. The van der Waals surface area contributed by atoms with E-state index in [1.807, 2.05) is 26.2 Å². The molecule has 0 radical (unpaired) electrons.